The molecule has 1 unspecified atom stereocenters. The molecule has 0 spiro atoms. The zero-order valence-corrected chi connectivity index (χ0v) is 10.9. The van der Waals surface area contributed by atoms with E-state index < -0.39 is 5.54 Å². The zero-order chi connectivity index (χ0) is 12.5. The number of nitriles is 1. The van der Waals surface area contributed by atoms with Gasteiger partial charge in [-0.25, -0.2) is 0 Å². The van der Waals surface area contributed by atoms with Gasteiger partial charge in [0.25, 0.3) is 0 Å². The van der Waals surface area contributed by atoms with Crippen LogP contribution >= 0.6 is 0 Å². The Bertz CT molecular complexity index is 425. The predicted octanol–water partition coefficient (Wildman–Crippen LogP) is 3.09. The fraction of sp³-hybridized carbons (Fsp3) is 0.533. The minimum atomic E-state index is -0.448. The molecule has 1 aromatic carbocycles. The van der Waals surface area contributed by atoms with Gasteiger partial charge in [-0.3, -0.25) is 5.32 Å². The summed E-state index contributed by atoms with van der Waals surface area (Å²) in [4.78, 5) is 0. The molecule has 2 rings (SSSR count). The Hall–Kier alpha value is -1.33. The van der Waals surface area contributed by atoms with Gasteiger partial charge in [-0.2, -0.15) is 5.26 Å². The largest absolute Gasteiger partial charge is 0.296 e. The first-order valence-corrected chi connectivity index (χ1v) is 6.25. The molecule has 2 heteroatoms. The predicted molar refractivity (Wildman–Crippen MR) is 69.7 cm³/mol. The van der Waals surface area contributed by atoms with Crippen LogP contribution < -0.4 is 5.32 Å². The maximum Gasteiger partial charge on any atom is 0.132 e. The van der Waals surface area contributed by atoms with Crippen molar-refractivity contribution in [3.05, 3.63) is 35.4 Å². The summed E-state index contributed by atoms with van der Waals surface area (Å²) < 4.78 is 0. The summed E-state index contributed by atoms with van der Waals surface area (Å²) in [5.41, 5.74) is 2.13. The number of rotatable bonds is 1. The smallest absolute Gasteiger partial charge is 0.132 e. The molecule has 0 aliphatic carbocycles. The highest BCUT2D eigenvalue weighted by molar-refractivity contribution is 5.36. The van der Waals surface area contributed by atoms with Crippen molar-refractivity contribution in [1.29, 1.82) is 5.26 Å². The van der Waals surface area contributed by atoms with E-state index in [0.717, 1.165) is 24.9 Å². The Kier molecular flexibility index (Phi) is 2.97. The topological polar surface area (TPSA) is 35.8 Å². The van der Waals surface area contributed by atoms with Crippen molar-refractivity contribution in [3.8, 4) is 6.07 Å². The highest BCUT2D eigenvalue weighted by atomic mass is 15.0. The van der Waals surface area contributed by atoms with Crippen LogP contribution in [0.2, 0.25) is 0 Å². The number of hydrogen-bond donors (Lipinski definition) is 1. The molecule has 90 valence electrons. The molecule has 1 saturated heterocycles. The van der Waals surface area contributed by atoms with Crippen molar-refractivity contribution in [2.24, 2.45) is 0 Å². The average molecular weight is 228 g/mol. The monoisotopic (exact) mass is 228 g/mol. The Morgan fingerprint density at radius 3 is 2.29 bits per heavy atom. The molecule has 0 bridgehead atoms. The van der Waals surface area contributed by atoms with Crippen LogP contribution in [0.4, 0.5) is 0 Å². The van der Waals surface area contributed by atoms with Gasteiger partial charge >= 0.3 is 0 Å². The summed E-state index contributed by atoms with van der Waals surface area (Å²) in [6, 6.07) is 10.9. The van der Waals surface area contributed by atoms with E-state index in [4.69, 9.17) is 0 Å². The summed E-state index contributed by atoms with van der Waals surface area (Å²) >= 11 is 0. The van der Waals surface area contributed by atoms with E-state index >= 15 is 0 Å². The molecule has 0 amide bonds. The molecule has 1 fully saturated rings. The van der Waals surface area contributed by atoms with Gasteiger partial charge < -0.3 is 0 Å². The second-order valence-corrected chi connectivity index (χ2v) is 5.87. The number of hydrogen-bond acceptors (Lipinski definition) is 2. The van der Waals surface area contributed by atoms with Crippen LogP contribution in [-0.4, -0.2) is 6.54 Å². The van der Waals surface area contributed by atoms with Gasteiger partial charge in [0.15, 0.2) is 0 Å². The van der Waals surface area contributed by atoms with Gasteiger partial charge in [-0.15, -0.1) is 0 Å². The van der Waals surface area contributed by atoms with E-state index in [2.05, 4.69) is 56.4 Å². The molecule has 2 nitrogen and oxygen atoms in total. The van der Waals surface area contributed by atoms with Crippen molar-refractivity contribution >= 4 is 0 Å². The molecule has 1 heterocycles. The fourth-order valence-corrected chi connectivity index (χ4v) is 2.40. The van der Waals surface area contributed by atoms with Gasteiger partial charge in [0, 0.05) is 0 Å². The molecule has 0 radical (unpaired) electrons. The van der Waals surface area contributed by atoms with Crippen LogP contribution in [0, 0.1) is 11.3 Å². The van der Waals surface area contributed by atoms with E-state index in [1.165, 1.54) is 5.56 Å². The third-order valence-corrected chi connectivity index (χ3v) is 3.59. The van der Waals surface area contributed by atoms with E-state index in [-0.39, 0.29) is 5.41 Å². The van der Waals surface area contributed by atoms with Crippen LogP contribution in [0.3, 0.4) is 0 Å². The Morgan fingerprint density at radius 2 is 1.88 bits per heavy atom. The number of nitrogens with one attached hydrogen (secondary N) is 1. The minimum absolute atomic E-state index is 0.168. The molecule has 0 aromatic heterocycles. The lowest BCUT2D eigenvalue weighted by atomic mass is 9.83. The lowest BCUT2D eigenvalue weighted by Crippen LogP contribution is -2.35. The summed E-state index contributed by atoms with van der Waals surface area (Å²) in [6.07, 6.45) is 1.99. The standard InChI is InChI=1S/C15H20N2/c1-14(2,3)12-5-7-13(8-6-12)15(11-16)9-4-10-17-15/h5-8,17H,4,9-10H2,1-3H3. The molecule has 1 N–H and O–H groups in total. The Balaban J connectivity index is 2.33. The Morgan fingerprint density at radius 1 is 1.24 bits per heavy atom. The van der Waals surface area contributed by atoms with E-state index in [1.54, 1.807) is 0 Å². The van der Waals surface area contributed by atoms with Crippen molar-refractivity contribution in [2.45, 2.75) is 44.6 Å². The molecular weight excluding hydrogens is 208 g/mol. The molecule has 1 atom stereocenters. The van der Waals surface area contributed by atoms with Crippen molar-refractivity contribution in [3.63, 3.8) is 0 Å². The lowest BCUT2D eigenvalue weighted by molar-refractivity contribution is 0.508. The first kappa shape index (κ1) is 12.1. The maximum atomic E-state index is 9.39. The summed E-state index contributed by atoms with van der Waals surface area (Å²) in [6.45, 7) is 7.55. The molecule has 1 aromatic rings. The summed E-state index contributed by atoms with van der Waals surface area (Å²) in [7, 11) is 0. The van der Waals surface area contributed by atoms with Crippen LogP contribution in [0.1, 0.15) is 44.7 Å². The van der Waals surface area contributed by atoms with Crippen LogP contribution in [0.5, 0.6) is 0 Å². The van der Waals surface area contributed by atoms with E-state index in [0.29, 0.717) is 0 Å². The normalized spacial score (nSPS) is 24.6. The second-order valence-electron chi connectivity index (χ2n) is 5.87. The lowest BCUT2D eigenvalue weighted by Gasteiger charge is -2.24. The van der Waals surface area contributed by atoms with Gasteiger partial charge in [-0.05, 0) is 35.9 Å². The van der Waals surface area contributed by atoms with Crippen LogP contribution in [-0.2, 0) is 11.0 Å². The van der Waals surface area contributed by atoms with Crippen LogP contribution in [0.15, 0.2) is 24.3 Å². The second kappa shape index (κ2) is 4.16. The highest BCUT2D eigenvalue weighted by Crippen LogP contribution is 2.31. The summed E-state index contributed by atoms with van der Waals surface area (Å²) in [5.74, 6) is 0. The van der Waals surface area contributed by atoms with Gasteiger partial charge in [0.1, 0.15) is 5.54 Å². The SMILES string of the molecule is CC(C)(C)c1ccc(C2(C#N)CCCN2)cc1. The fourth-order valence-electron chi connectivity index (χ4n) is 2.40. The Labute approximate surface area is 104 Å². The average Bonchev–Trinajstić information content (AvgIpc) is 2.78. The maximum absolute atomic E-state index is 9.39. The van der Waals surface area contributed by atoms with E-state index in [1.807, 2.05) is 0 Å². The molecule has 1 aliphatic heterocycles. The third kappa shape index (κ3) is 2.21. The molecule has 17 heavy (non-hydrogen) atoms. The van der Waals surface area contributed by atoms with Crippen molar-refractivity contribution < 1.29 is 0 Å². The van der Waals surface area contributed by atoms with Crippen molar-refractivity contribution in [2.75, 3.05) is 6.54 Å². The van der Waals surface area contributed by atoms with Gasteiger partial charge in [0.05, 0.1) is 6.07 Å². The third-order valence-electron chi connectivity index (χ3n) is 3.59. The highest BCUT2D eigenvalue weighted by Gasteiger charge is 2.35. The first-order chi connectivity index (χ1) is 7.98. The van der Waals surface area contributed by atoms with Crippen LogP contribution in [0.25, 0.3) is 0 Å². The zero-order valence-electron chi connectivity index (χ0n) is 10.9. The first-order valence-electron chi connectivity index (χ1n) is 6.25. The summed E-state index contributed by atoms with van der Waals surface area (Å²) in [5, 5.41) is 12.7. The van der Waals surface area contributed by atoms with Gasteiger partial charge in [0.2, 0.25) is 0 Å². The number of nitrogens with zero attached hydrogens (tertiary/aromatic N) is 1. The molecular formula is C15H20N2. The van der Waals surface area contributed by atoms with Gasteiger partial charge in [-0.1, -0.05) is 45.0 Å². The van der Waals surface area contributed by atoms with E-state index in [9.17, 15) is 5.26 Å². The van der Waals surface area contributed by atoms with Crippen molar-refractivity contribution in [1.82, 2.24) is 5.32 Å². The quantitative estimate of drug-likeness (QED) is 0.801. The minimum Gasteiger partial charge on any atom is -0.296 e. The molecule has 1 aliphatic rings. The molecule has 0 saturated carbocycles. The number of benzene rings is 1.